The first-order valence-electron chi connectivity index (χ1n) is 10.4. The van der Waals surface area contributed by atoms with Crippen molar-refractivity contribution in [3.63, 3.8) is 0 Å². The number of hydrogen-bond donors (Lipinski definition) is 0. The number of furan rings is 1. The van der Waals surface area contributed by atoms with Gasteiger partial charge in [0.25, 0.3) is 5.91 Å². The molecule has 2 aromatic rings. The SMILES string of the molecule is Cc1c(C(=O)N2CC3(C[C@H](OCC(=O)N4CCCC4)CS3)C2)oc2ccccc12. The number of fused-ring (bicyclic) bond motifs is 1. The van der Waals surface area contributed by atoms with Crippen molar-refractivity contribution in [2.75, 3.05) is 38.5 Å². The molecule has 7 heteroatoms. The Balaban J connectivity index is 1.15. The van der Waals surface area contributed by atoms with E-state index in [0.29, 0.717) is 18.8 Å². The number of amides is 2. The molecule has 3 aliphatic heterocycles. The zero-order valence-corrected chi connectivity index (χ0v) is 17.5. The van der Waals surface area contributed by atoms with Gasteiger partial charge in [0.1, 0.15) is 12.2 Å². The largest absolute Gasteiger partial charge is 0.451 e. The van der Waals surface area contributed by atoms with Gasteiger partial charge in [-0.25, -0.2) is 0 Å². The van der Waals surface area contributed by atoms with Crippen molar-refractivity contribution in [1.29, 1.82) is 0 Å². The highest BCUT2D eigenvalue weighted by Gasteiger charge is 2.51. The van der Waals surface area contributed by atoms with E-state index in [0.717, 1.165) is 54.6 Å². The Morgan fingerprint density at radius 2 is 1.97 bits per heavy atom. The van der Waals surface area contributed by atoms with E-state index in [-0.39, 0.29) is 29.3 Å². The second kappa shape index (κ2) is 7.36. The van der Waals surface area contributed by atoms with Crippen molar-refractivity contribution in [2.24, 2.45) is 0 Å². The zero-order chi connectivity index (χ0) is 20.0. The molecule has 3 aliphatic rings. The standard InChI is InChI=1S/C22H26N2O4S/c1-15-17-6-2-3-7-18(17)28-20(15)21(26)24-13-22(14-24)10-16(12-29-22)27-11-19(25)23-8-4-5-9-23/h2-3,6-7,16H,4-5,8-14H2,1H3/t16-/m0/s1. The molecule has 29 heavy (non-hydrogen) atoms. The molecule has 2 amide bonds. The number of thioether (sulfide) groups is 1. The van der Waals surface area contributed by atoms with Crippen LogP contribution in [0.1, 0.15) is 35.4 Å². The lowest BCUT2D eigenvalue weighted by atomic mass is 9.92. The van der Waals surface area contributed by atoms with Gasteiger partial charge in [-0.15, -0.1) is 11.8 Å². The van der Waals surface area contributed by atoms with Crippen molar-refractivity contribution in [3.8, 4) is 0 Å². The fraction of sp³-hybridized carbons (Fsp3) is 0.545. The Bertz CT molecular complexity index is 943. The molecule has 0 bridgehead atoms. The van der Waals surface area contributed by atoms with E-state index in [1.807, 2.05) is 52.8 Å². The first-order chi connectivity index (χ1) is 14.0. The van der Waals surface area contributed by atoms with Crippen LogP contribution in [0.25, 0.3) is 11.0 Å². The molecule has 1 spiro atoms. The molecule has 1 aromatic heterocycles. The molecule has 4 heterocycles. The fourth-order valence-corrected chi connectivity index (χ4v) is 6.24. The summed E-state index contributed by atoms with van der Waals surface area (Å²) in [6.45, 7) is 5.29. The number of carbonyl (C=O) groups is 2. The summed E-state index contributed by atoms with van der Waals surface area (Å²) in [5.41, 5.74) is 1.67. The highest BCUT2D eigenvalue weighted by molar-refractivity contribution is 8.01. The Hall–Kier alpha value is -1.99. The number of benzene rings is 1. The van der Waals surface area contributed by atoms with Gasteiger partial charge in [0.05, 0.1) is 10.9 Å². The van der Waals surface area contributed by atoms with Crippen molar-refractivity contribution in [2.45, 2.75) is 37.0 Å². The van der Waals surface area contributed by atoms with Gasteiger partial charge < -0.3 is 19.0 Å². The molecule has 154 valence electrons. The second-order valence-corrected chi connectivity index (χ2v) is 9.92. The van der Waals surface area contributed by atoms with Crippen LogP contribution in [0.2, 0.25) is 0 Å². The predicted molar refractivity (Wildman–Crippen MR) is 112 cm³/mol. The minimum Gasteiger partial charge on any atom is -0.451 e. The van der Waals surface area contributed by atoms with Crippen LogP contribution < -0.4 is 0 Å². The molecule has 0 aliphatic carbocycles. The van der Waals surface area contributed by atoms with Gasteiger partial charge in [-0.3, -0.25) is 9.59 Å². The number of carbonyl (C=O) groups excluding carboxylic acids is 2. The Morgan fingerprint density at radius 3 is 2.72 bits per heavy atom. The normalized spacial score (nSPS) is 23.1. The van der Waals surface area contributed by atoms with E-state index in [9.17, 15) is 9.59 Å². The molecule has 6 nitrogen and oxygen atoms in total. The van der Waals surface area contributed by atoms with Crippen molar-refractivity contribution < 1.29 is 18.7 Å². The maximum absolute atomic E-state index is 12.9. The summed E-state index contributed by atoms with van der Waals surface area (Å²) in [4.78, 5) is 28.9. The smallest absolute Gasteiger partial charge is 0.289 e. The summed E-state index contributed by atoms with van der Waals surface area (Å²) >= 11 is 1.87. The zero-order valence-electron chi connectivity index (χ0n) is 16.7. The van der Waals surface area contributed by atoms with Gasteiger partial charge in [-0.1, -0.05) is 18.2 Å². The molecule has 0 radical (unpaired) electrons. The third-order valence-corrected chi connectivity index (χ3v) is 7.94. The lowest BCUT2D eigenvalue weighted by molar-refractivity contribution is -0.136. The van der Waals surface area contributed by atoms with E-state index in [1.165, 1.54) is 0 Å². The Morgan fingerprint density at radius 1 is 1.21 bits per heavy atom. The molecule has 0 N–H and O–H groups in total. The monoisotopic (exact) mass is 414 g/mol. The lowest BCUT2D eigenvalue weighted by Crippen LogP contribution is -2.60. The highest BCUT2D eigenvalue weighted by Crippen LogP contribution is 2.46. The number of para-hydroxylation sites is 1. The van der Waals surface area contributed by atoms with Crippen LogP contribution in [0, 0.1) is 6.92 Å². The number of aryl methyl sites for hydroxylation is 1. The number of ether oxygens (including phenoxy) is 1. The molecule has 5 rings (SSSR count). The summed E-state index contributed by atoms with van der Waals surface area (Å²) < 4.78 is 11.8. The average molecular weight is 415 g/mol. The first kappa shape index (κ1) is 19.0. The minimum absolute atomic E-state index is 0.0292. The topological polar surface area (TPSA) is 63.0 Å². The quantitative estimate of drug-likeness (QED) is 0.769. The van der Waals surface area contributed by atoms with Crippen LogP contribution in [0.3, 0.4) is 0 Å². The van der Waals surface area contributed by atoms with E-state index in [2.05, 4.69) is 0 Å². The van der Waals surface area contributed by atoms with Crippen molar-refractivity contribution >= 4 is 34.5 Å². The minimum atomic E-state index is -0.0292. The van der Waals surface area contributed by atoms with Crippen LogP contribution >= 0.6 is 11.8 Å². The summed E-state index contributed by atoms with van der Waals surface area (Å²) in [6.07, 6.45) is 3.19. The van der Waals surface area contributed by atoms with E-state index in [1.54, 1.807) is 0 Å². The van der Waals surface area contributed by atoms with E-state index in [4.69, 9.17) is 9.15 Å². The molecule has 0 saturated carbocycles. The van der Waals surface area contributed by atoms with Crippen LogP contribution in [0.15, 0.2) is 28.7 Å². The molecule has 1 atom stereocenters. The number of likely N-dealkylation sites (tertiary alicyclic amines) is 2. The van der Waals surface area contributed by atoms with Gasteiger partial charge in [0, 0.05) is 42.9 Å². The maximum Gasteiger partial charge on any atom is 0.289 e. The van der Waals surface area contributed by atoms with Gasteiger partial charge in [-0.05, 0) is 32.3 Å². The Kier molecular flexibility index (Phi) is 4.82. The fourth-order valence-electron chi connectivity index (χ4n) is 4.69. The molecule has 0 unspecified atom stereocenters. The maximum atomic E-state index is 12.9. The van der Waals surface area contributed by atoms with Gasteiger partial charge in [-0.2, -0.15) is 0 Å². The van der Waals surface area contributed by atoms with Gasteiger partial charge in [0.2, 0.25) is 5.91 Å². The number of hydrogen-bond acceptors (Lipinski definition) is 5. The Labute approximate surface area is 174 Å². The molecule has 3 fully saturated rings. The van der Waals surface area contributed by atoms with Crippen LogP contribution in [0.5, 0.6) is 0 Å². The van der Waals surface area contributed by atoms with Crippen molar-refractivity contribution in [1.82, 2.24) is 9.80 Å². The number of rotatable bonds is 4. The van der Waals surface area contributed by atoms with Gasteiger partial charge >= 0.3 is 0 Å². The second-order valence-electron chi connectivity index (χ2n) is 8.43. The highest BCUT2D eigenvalue weighted by atomic mass is 32.2. The van der Waals surface area contributed by atoms with Crippen LogP contribution in [-0.4, -0.2) is 71.0 Å². The van der Waals surface area contributed by atoms with Crippen LogP contribution in [0.4, 0.5) is 0 Å². The number of nitrogens with zero attached hydrogens (tertiary/aromatic N) is 2. The van der Waals surface area contributed by atoms with Gasteiger partial charge in [0.15, 0.2) is 5.76 Å². The summed E-state index contributed by atoms with van der Waals surface area (Å²) in [5.74, 6) is 1.42. The third kappa shape index (κ3) is 3.44. The molecule has 3 saturated heterocycles. The average Bonchev–Trinajstić information content (AvgIpc) is 3.44. The molecule has 1 aromatic carbocycles. The summed E-state index contributed by atoms with van der Waals surface area (Å²) in [6, 6.07) is 7.76. The summed E-state index contributed by atoms with van der Waals surface area (Å²) in [5, 5.41) is 0.998. The molecular weight excluding hydrogens is 388 g/mol. The van der Waals surface area contributed by atoms with Crippen LogP contribution in [-0.2, 0) is 9.53 Å². The summed E-state index contributed by atoms with van der Waals surface area (Å²) in [7, 11) is 0. The van der Waals surface area contributed by atoms with E-state index < -0.39 is 0 Å². The first-order valence-corrected chi connectivity index (χ1v) is 11.3. The lowest BCUT2D eigenvalue weighted by Gasteiger charge is -2.47. The molecular formula is C22H26N2O4S. The van der Waals surface area contributed by atoms with E-state index >= 15 is 0 Å². The third-order valence-electron chi connectivity index (χ3n) is 6.36. The van der Waals surface area contributed by atoms with Crippen molar-refractivity contribution in [3.05, 3.63) is 35.6 Å². The predicted octanol–water partition coefficient (Wildman–Crippen LogP) is 3.08.